The van der Waals surface area contributed by atoms with Crippen molar-refractivity contribution in [2.75, 3.05) is 26.0 Å². The van der Waals surface area contributed by atoms with Crippen molar-refractivity contribution in [3.63, 3.8) is 0 Å². The summed E-state index contributed by atoms with van der Waals surface area (Å²) >= 11 is 0. The SMILES string of the molecule is C/C=C/CCNS(=O)(=O)CCCOC. The number of sulfonamides is 1. The van der Waals surface area contributed by atoms with Crippen LogP contribution in [-0.4, -0.2) is 34.4 Å². The zero-order valence-electron chi connectivity index (χ0n) is 8.82. The molecule has 0 bridgehead atoms. The third-order valence-corrected chi connectivity index (χ3v) is 3.10. The molecule has 0 radical (unpaired) electrons. The van der Waals surface area contributed by atoms with Crippen LogP contribution in [0, 0.1) is 0 Å². The maximum absolute atomic E-state index is 11.3. The van der Waals surface area contributed by atoms with Gasteiger partial charge in [0.25, 0.3) is 0 Å². The minimum absolute atomic E-state index is 0.136. The Morgan fingerprint density at radius 1 is 1.43 bits per heavy atom. The van der Waals surface area contributed by atoms with E-state index in [1.165, 1.54) is 0 Å². The molecule has 0 aromatic heterocycles. The van der Waals surface area contributed by atoms with Crippen molar-refractivity contribution in [2.24, 2.45) is 0 Å². The highest BCUT2D eigenvalue weighted by molar-refractivity contribution is 7.89. The van der Waals surface area contributed by atoms with Crippen LogP contribution < -0.4 is 4.72 Å². The molecule has 4 nitrogen and oxygen atoms in total. The Bertz CT molecular complexity index is 247. The van der Waals surface area contributed by atoms with Gasteiger partial charge in [0.1, 0.15) is 0 Å². The van der Waals surface area contributed by atoms with Crippen LogP contribution in [0.3, 0.4) is 0 Å². The zero-order chi connectivity index (χ0) is 10.9. The average molecular weight is 221 g/mol. The molecule has 0 fully saturated rings. The molecule has 0 spiro atoms. The summed E-state index contributed by atoms with van der Waals surface area (Å²) in [4.78, 5) is 0. The molecule has 0 aromatic rings. The van der Waals surface area contributed by atoms with Crippen LogP contribution in [0.15, 0.2) is 12.2 Å². The Hall–Kier alpha value is -0.390. The summed E-state index contributed by atoms with van der Waals surface area (Å²) in [5, 5.41) is 0. The molecule has 0 saturated carbocycles. The molecule has 0 aliphatic heterocycles. The van der Waals surface area contributed by atoms with Gasteiger partial charge in [0.2, 0.25) is 10.0 Å². The van der Waals surface area contributed by atoms with Gasteiger partial charge in [0.15, 0.2) is 0 Å². The van der Waals surface area contributed by atoms with Gasteiger partial charge >= 0.3 is 0 Å². The van der Waals surface area contributed by atoms with Gasteiger partial charge in [-0.3, -0.25) is 0 Å². The highest BCUT2D eigenvalue weighted by Crippen LogP contribution is 1.91. The summed E-state index contributed by atoms with van der Waals surface area (Å²) in [5.74, 6) is 0.136. The topological polar surface area (TPSA) is 55.4 Å². The number of allylic oxidation sites excluding steroid dienone is 1. The molecule has 14 heavy (non-hydrogen) atoms. The Labute approximate surface area is 86.4 Å². The molecule has 0 amide bonds. The van der Waals surface area contributed by atoms with Crippen molar-refractivity contribution in [3.05, 3.63) is 12.2 Å². The van der Waals surface area contributed by atoms with E-state index < -0.39 is 10.0 Å². The van der Waals surface area contributed by atoms with Crippen molar-refractivity contribution in [3.8, 4) is 0 Å². The molecule has 0 heterocycles. The van der Waals surface area contributed by atoms with Gasteiger partial charge in [-0.25, -0.2) is 13.1 Å². The second-order valence-corrected chi connectivity index (χ2v) is 4.84. The molecule has 0 atom stereocenters. The summed E-state index contributed by atoms with van der Waals surface area (Å²) in [6.07, 6.45) is 5.10. The number of methoxy groups -OCH3 is 1. The van der Waals surface area contributed by atoms with Crippen molar-refractivity contribution >= 4 is 10.0 Å². The minimum atomic E-state index is -3.10. The largest absolute Gasteiger partial charge is 0.385 e. The first-order chi connectivity index (χ1) is 6.62. The maximum Gasteiger partial charge on any atom is 0.211 e. The number of hydrogen-bond acceptors (Lipinski definition) is 3. The first-order valence-corrected chi connectivity index (χ1v) is 6.35. The minimum Gasteiger partial charge on any atom is -0.385 e. The van der Waals surface area contributed by atoms with Gasteiger partial charge in [-0.15, -0.1) is 0 Å². The van der Waals surface area contributed by atoms with E-state index in [2.05, 4.69) is 4.72 Å². The van der Waals surface area contributed by atoms with E-state index in [1.807, 2.05) is 19.1 Å². The van der Waals surface area contributed by atoms with Crippen molar-refractivity contribution in [1.82, 2.24) is 4.72 Å². The van der Waals surface area contributed by atoms with Crippen molar-refractivity contribution < 1.29 is 13.2 Å². The molecule has 84 valence electrons. The number of rotatable bonds is 8. The lowest BCUT2D eigenvalue weighted by Crippen LogP contribution is -2.27. The molecule has 5 heteroatoms. The van der Waals surface area contributed by atoms with Crippen LogP contribution in [0.5, 0.6) is 0 Å². The van der Waals surface area contributed by atoms with Crippen LogP contribution in [-0.2, 0) is 14.8 Å². The van der Waals surface area contributed by atoms with Gasteiger partial charge in [0.05, 0.1) is 5.75 Å². The quantitative estimate of drug-likeness (QED) is 0.489. The molecule has 0 rings (SSSR count). The van der Waals surface area contributed by atoms with E-state index in [4.69, 9.17) is 4.74 Å². The molecular formula is C9H19NO3S. The molecule has 0 aromatic carbocycles. The van der Waals surface area contributed by atoms with E-state index in [1.54, 1.807) is 7.11 Å². The summed E-state index contributed by atoms with van der Waals surface area (Å²) in [6, 6.07) is 0. The van der Waals surface area contributed by atoms with Crippen molar-refractivity contribution in [1.29, 1.82) is 0 Å². The third kappa shape index (κ3) is 8.22. The van der Waals surface area contributed by atoms with Crippen LogP contribution in [0.4, 0.5) is 0 Å². The maximum atomic E-state index is 11.3. The normalized spacial score (nSPS) is 12.4. The summed E-state index contributed by atoms with van der Waals surface area (Å²) < 4.78 is 29.9. The van der Waals surface area contributed by atoms with Crippen LogP contribution >= 0.6 is 0 Å². The van der Waals surface area contributed by atoms with E-state index >= 15 is 0 Å². The van der Waals surface area contributed by atoms with Gasteiger partial charge in [-0.05, 0) is 19.8 Å². The first-order valence-electron chi connectivity index (χ1n) is 4.70. The van der Waals surface area contributed by atoms with E-state index in [-0.39, 0.29) is 5.75 Å². The summed E-state index contributed by atoms with van der Waals surface area (Å²) in [6.45, 7) is 2.86. The third-order valence-electron chi connectivity index (χ3n) is 1.63. The second-order valence-electron chi connectivity index (χ2n) is 2.92. The molecule has 0 aliphatic rings. The summed E-state index contributed by atoms with van der Waals surface area (Å²) in [7, 11) is -1.54. The molecule has 1 N–H and O–H groups in total. The lowest BCUT2D eigenvalue weighted by molar-refractivity contribution is 0.199. The predicted molar refractivity (Wildman–Crippen MR) is 57.7 cm³/mol. The second kappa shape index (κ2) is 7.96. The van der Waals surface area contributed by atoms with E-state index in [0.29, 0.717) is 19.6 Å². The van der Waals surface area contributed by atoms with E-state index in [9.17, 15) is 8.42 Å². The number of nitrogens with one attached hydrogen (secondary N) is 1. The highest BCUT2D eigenvalue weighted by Gasteiger charge is 2.07. The lowest BCUT2D eigenvalue weighted by Gasteiger charge is -2.04. The standard InChI is InChI=1S/C9H19NO3S/c1-3-4-5-7-10-14(11,12)9-6-8-13-2/h3-4,10H,5-9H2,1-2H3/b4-3+. The zero-order valence-corrected chi connectivity index (χ0v) is 9.64. The van der Waals surface area contributed by atoms with Gasteiger partial charge in [0, 0.05) is 20.3 Å². The van der Waals surface area contributed by atoms with Crippen LogP contribution in [0.25, 0.3) is 0 Å². The Morgan fingerprint density at radius 3 is 2.71 bits per heavy atom. The van der Waals surface area contributed by atoms with Gasteiger partial charge in [-0.2, -0.15) is 0 Å². The fourth-order valence-corrected chi connectivity index (χ4v) is 2.00. The van der Waals surface area contributed by atoms with E-state index in [0.717, 1.165) is 6.42 Å². The molecule has 0 saturated heterocycles. The van der Waals surface area contributed by atoms with Crippen LogP contribution in [0.1, 0.15) is 19.8 Å². The van der Waals surface area contributed by atoms with Crippen molar-refractivity contribution in [2.45, 2.75) is 19.8 Å². The Kier molecular flexibility index (Phi) is 7.74. The number of ether oxygens (including phenoxy) is 1. The predicted octanol–water partition coefficient (Wildman–Crippen LogP) is 0.909. The Balaban J connectivity index is 3.62. The fourth-order valence-electron chi connectivity index (χ4n) is 0.930. The lowest BCUT2D eigenvalue weighted by atomic mass is 10.4. The van der Waals surface area contributed by atoms with Gasteiger partial charge in [-0.1, -0.05) is 12.2 Å². The summed E-state index contributed by atoms with van der Waals surface area (Å²) in [5.41, 5.74) is 0. The fraction of sp³-hybridized carbons (Fsp3) is 0.778. The van der Waals surface area contributed by atoms with Crippen LogP contribution in [0.2, 0.25) is 0 Å². The number of hydrogen-bond donors (Lipinski definition) is 1. The monoisotopic (exact) mass is 221 g/mol. The Morgan fingerprint density at radius 2 is 2.14 bits per heavy atom. The first kappa shape index (κ1) is 13.6. The molecular weight excluding hydrogens is 202 g/mol. The molecule has 0 aliphatic carbocycles. The molecule has 0 unspecified atom stereocenters. The smallest absolute Gasteiger partial charge is 0.211 e. The van der Waals surface area contributed by atoms with Gasteiger partial charge < -0.3 is 4.74 Å². The average Bonchev–Trinajstić information content (AvgIpc) is 2.13. The highest BCUT2D eigenvalue weighted by atomic mass is 32.2.